The molecule has 3 N–H and O–H groups in total. The Balaban J connectivity index is 1.73. The van der Waals surface area contributed by atoms with Gasteiger partial charge in [0.2, 0.25) is 5.91 Å². The Morgan fingerprint density at radius 3 is 2.95 bits per heavy atom. The summed E-state index contributed by atoms with van der Waals surface area (Å²) in [7, 11) is 0. The molecule has 0 aliphatic carbocycles. The van der Waals surface area contributed by atoms with Crippen LogP contribution in [-0.4, -0.2) is 10.9 Å². The first kappa shape index (κ1) is 13.6. The van der Waals surface area contributed by atoms with Crippen molar-refractivity contribution in [2.24, 2.45) is 0 Å². The summed E-state index contributed by atoms with van der Waals surface area (Å²) in [5, 5.41) is 3.93. The number of thiazole rings is 1. The number of benzene rings is 2. The van der Waals surface area contributed by atoms with Crippen LogP contribution in [0.4, 0.5) is 11.4 Å². The van der Waals surface area contributed by atoms with Crippen LogP contribution >= 0.6 is 11.3 Å². The highest BCUT2D eigenvalue weighted by atomic mass is 32.1. The van der Waals surface area contributed by atoms with E-state index in [4.69, 9.17) is 5.73 Å². The molecule has 0 aliphatic rings. The van der Waals surface area contributed by atoms with Gasteiger partial charge in [0.15, 0.2) is 0 Å². The molecule has 1 amide bonds. The second-order valence-corrected chi connectivity index (χ2v) is 6.12. The number of nitrogens with two attached hydrogens (primary N) is 1. The van der Waals surface area contributed by atoms with Gasteiger partial charge in [-0.3, -0.25) is 4.79 Å². The molecule has 0 saturated carbocycles. The Bertz CT molecular complexity index is 810. The van der Waals surface area contributed by atoms with E-state index in [1.54, 1.807) is 11.3 Å². The molecule has 3 aromatic rings. The van der Waals surface area contributed by atoms with Crippen LogP contribution in [0.2, 0.25) is 0 Å². The molecule has 1 aromatic heterocycles. The number of hydrogen-bond acceptors (Lipinski definition) is 4. The van der Waals surface area contributed by atoms with Gasteiger partial charge in [0.25, 0.3) is 0 Å². The van der Waals surface area contributed by atoms with Crippen molar-refractivity contribution in [1.82, 2.24) is 4.98 Å². The maximum atomic E-state index is 12.1. The largest absolute Gasteiger partial charge is 0.399 e. The summed E-state index contributed by atoms with van der Waals surface area (Å²) in [5.41, 5.74) is 9.04. The standard InChI is InChI=1S/C16H15N3OS/c1-10-18-14-6-5-13(9-15(14)21-10)19-16(20)8-11-3-2-4-12(17)7-11/h2-7,9H,8,17H2,1H3,(H,19,20). The Kier molecular flexibility index (Phi) is 3.58. The fourth-order valence-electron chi connectivity index (χ4n) is 2.21. The molecule has 0 saturated heterocycles. The second-order valence-electron chi connectivity index (χ2n) is 4.89. The number of aromatic nitrogens is 1. The van der Waals surface area contributed by atoms with Gasteiger partial charge in [0, 0.05) is 11.4 Å². The van der Waals surface area contributed by atoms with Crippen molar-refractivity contribution in [3.05, 3.63) is 53.0 Å². The maximum absolute atomic E-state index is 12.1. The van der Waals surface area contributed by atoms with E-state index in [1.165, 1.54) is 0 Å². The maximum Gasteiger partial charge on any atom is 0.228 e. The summed E-state index contributed by atoms with van der Waals surface area (Å²) >= 11 is 1.62. The van der Waals surface area contributed by atoms with Crippen LogP contribution in [0.1, 0.15) is 10.6 Å². The average molecular weight is 297 g/mol. The first-order valence-electron chi connectivity index (χ1n) is 6.61. The summed E-state index contributed by atoms with van der Waals surface area (Å²) in [4.78, 5) is 16.5. The van der Waals surface area contributed by atoms with Crippen LogP contribution in [0.3, 0.4) is 0 Å². The number of amides is 1. The second kappa shape index (κ2) is 5.54. The van der Waals surface area contributed by atoms with Gasteiger partial charge in [0.1, 0.15) is 0 Å². The van der Waals surface area contributed by atoms with E-state index in [-0.39, 0.29) is 5.91 Å². The van der Waals surface area contributed by atoms with Crippen molar-refractivity contribution in [3.63, 3.8) is 0 Å². The molecule has 0 aliphatic heterocycles. The molecule has 0 radical (unpaired) electrons. The number of rotatable bonds is 3. The number of hydrogen-bond donors (Lipinski definition) is 2. The van der Waals surface area contributed by atoms with Gasteiger partial charge in [-0.1, -0.05) is 12.1 Å². The van der Waals surface area contributed by atoms with Gasteiger partial charge < -0.3 is 11.1 Å². The third-order valence-electron chi connectivity index (χ3n) is 3.09. The summed E-state index contributed by atoms with van der Waals surface area (Å²) in [5.74, 6) is -0.0545. The zero-order valence-electron chi connectivity index (χ0n) is 11.6. The van der Waals surface area contributed by atoms with E-state index in [1.807, 2.05) is 49.4 Å². The highest BCUT2D eigenvalue weighted by molar-refractivity contribution is 7.18. The Morgan fingerprint density at radius 1 is 1.29 bits per heavy atom. The summed E-state index contributed by atoms with van der Waals surface area (Å²) in [6.07, 6.45) is 0.310. The lowest BCUT2D eigenvalue weighted by atomic mass is 10.1. The molecule has 0 spiro atoms. The van der Waals surface area contributed by atoms with Crippen molar-refractivity contribution >= 4 is 38.8 Å². The van der Waals surface area contributed by atoms with Gasteiger partial charge in [-0.2, -0.15) is 0 Å². The molecule has 21 heavy (non-hydrogen) atoms. The number of nitrogens with one attached hydrogen (secondary N) is 1. The molecule has 0 fully saturated rings. The van der Waals surface area contributed by atoms with Crippen LogP contribution in [0, 0.1) is 6.92 Å². The number of anilines is 2. The van der Waals surface area contributed by atoms with Crippen LogP contribution in [0.25, 0.3) is 10.2 Å². The molecule has 0 unspecified atom stereocenters. The van der Waals surface area contributed by atoms with Gasteiger partial charge in [-0.05, 0) is 42.8 Å². The monoisotopic (exact) mass is 297 g/mol. The molecule has 5 heteroatoms. The van der Waals surface area contributed by atoms with Crippen LogP contribution in [0.5, 0.6) is 0 Å². The summed E-state index contributed by atoms with van der Waals surface area (Å²) in [6, 6.07) is 13.1. The van der Waals surface area contributed by atoms with Crippen molar-refractivity contribution in [2.75, 3.05) is 11.1 Å². The number of nitrogen functional groups attached to an aromatic ring is 1. The minimum Gasteiger partial charge on any atom is -0.399 e. The van der Waals surface area contributed by atoms with E-state index in [2.05, 4.69) is 10.3 Å². The van der Waals surface area contributed by atoms with Gasteiger partial charge in [-0.25, -0.2) is 4.98 Å². The van der Waals surface area contributed by atoms with Crippen LogP contribution in [0.15, 0.2) is 42.5 Å². The molecule has 0 bridgehead atoms. The highest BCUT2D eigenvalue weighted by Crippen LogP contribution is 2.24. The third-order valence-corrected chi connectivity index (χ3v) is 4.03. The fraction of sp³-hybridized carbons (Fsp3) is 0.125. The zero-order valence-corrected chi connectivity index (χ0v) is 12.4. The molecular weight excluding hydrogens is 282 g/mol. The van der Waals surface area contributed by atoms with Gasteiger partial charge in [0.05, 0.1) is 21.6 Å². The van der Waals surface area contributed by atoms with E-state index in [0.717, 1.165) is 26.5 Å². The summed E-state index contributed by atoms with van der Waals surface area (Å²) in [6.45, 7) is 1.97. The minimum absolute atomic E-state index is 0.0545. The van der Waals surface area contributed by atoms with Gasteiger partial charge >= 0.3 is 0 Å². The molecule has 1 heterocycles. The molecule has 3 rings (SSSR count). The first-order chi connectivity index (χ1) is 10.1. The topological polar surface area (TPSA) is 68.0 Å². The lowest BCUT2D eigenvalue weighted by Gasteiger charge is -2.06. The van der Waals surface area contributed by atoms with E-state index >= 15 is 0 Å². The highest BCUT2D eigenvalue weighted by Gasteiger charge is 2.06. The number of carbonyl (C=O) groups excluding carboxylic acids is 1. The molecule has 2 aromatic carbocycles. The zero-order chi connectivity index (χ0) is 14.8. The van der Waals surface area contributed by atoms with Crippen LogP contribution < -0.4 is 11.1 Å². The van der Waals surface area contributed by atoms with E-state index < -0.39 is 0 Å². The number of carbonyl (C=O) groups is 1. The van der Waals surface area contributed by atoms with Crippen molar-refractivity contribution in [2.45, 2.75) is 13.3 Å². The third kappa shape index (κ3) is 3.20. The summed E-state index contributed by atoms with van der Waals surface area (Å²) < 4.78 is 1.08. The van der Waals surface area contributed by atoms with E-state index in [0.29, 0.717) is 12.1 Å². The Morgan fingerprint density at radius 2 is 2.14 bits per heavy atom. The van der Waals surface area contributed by atoms with Crippen LogP contribution in [-0.2, 0) is 11.2 Å². The first-order valence-corrected chi connectivity index (χ1v) is 7.43. The number of nitrogens with zero attached hydrogens (tertiary/aromatic N) is 1. The molecule has 106 valence electrons. The van der Waals surface area contributed by atoms with E-state index in [9.17, 15) is 4.79 Å². The molecule has 0 atom stereocenters. The SMILES string of the molecule is Cc1nc2ccc(NC(=O)Cc3cccc(N)c3)cc2s1. The van der Waals surface area contributed by atoms with Crippen molar-refractivity contribution < 1.29 is 4.79 Å². The number of fused-ring (bicyclic) bond motifs is 1. The lowest BCUT2D eigenvalue weighted by Crippen LogP contribution is -2.14. The predicted octanol–water partition coefficient (Wildman–Crippen LogP) is 3.37. The lowest BCUT2D eigenvalue weighted by molar-refractivity contribution is -0.115. The molecule has 4 nitrogen and oxygen atoms in total. The quantitative estimate of drug-likeness (QED) is 0.728. The average Bonchev–Trinajstić information content (AvgIpc) is 2.78. The molecular formula is C16H15N3OS. The predicted molar refractivity (Wildman–Crippen MR) is 87.5 cm³/mol. The number of aryl methyl sites for hydroxylation is 1. The fourth-order valence-corrected chi connectivity index (χ4v) is 3.08. The Hall–Kier alpha value is -2.40. The smallest absolute Gasteiger partial charge is 0.228 e. The van der Waals surface area contributed by atoms with Crippen molar-refractivity contribution in [3.8, 4) is 0 Å². The Labute approximate surface area is 126 Å². The normalized spacial score (nSPS) is 10.7. The minimum atomic E-state index is -0.0545. The van der Waals surface area contributed by atoms with Gasteiger partial charge in [-0.15, -0.1) is 11.3 Å². The van der Waals surface area contributed by atoms with Crippen molar-refractivity contribution in [1.29, 1.82) is 0 Å².